The average Bonchev–Trinajstić information content (AvgIpc) is 3.38. The van der Waals surface area contributed by atoms with Gasteiger partial charge in [0.1, 0.15) is 12.2 Å². The minimum absolute atomic E-state index is 0.146. The maximum Gasteiger partial charge on any atom is 0.244 e. The number of amides is 1. The van der Waals surface area contributed by atoms with E-state index in [0.29, 0.717) is 30.5 Å². The normalized spacial score (nSPS) is 13.8. The summed E-state index contributed by atoms with van der Waals surface area (Å²) in [5.74, 6) is 2.06. The Morgan fingerprint density at radius 3 is 2.84 bits per heavy atom. The third-order valence-corrected chi connectivity index (χ3v) is 4.07. The number of aromatic nitrogens is 3. The molecule has 0 atom stereocenters. The van der Waals surface area contributed by atoms with Crippen LogP contribution in [0.25, 0.3) is 6.08 Å². The van der Waals surface area contributed by atoms with Crippen LogP contribution in [0.5, 0.6) is 11.5 Å². The number of carbonyl (C=O) groups is 1. The molecule has 1 aromatic heterocycles. The molecular weight excluding hydrogens is 320 g/mol. The molecule has 25 heavy (non-hydrogen) atoms. The number of hydrogen-bond acceptors (Lipinski definition) is 5. The first kappa shape index (κ1) is 17.0. The number of ether oxygens (including phenoxy) is 2. The second-order valence-electron chi connectivity index (χ2n) is 5.87. The van der Waals surface area contributed by atoms with Gasteiger partial charge in [0.05, 0.1) is 14.2 Å². The van der Waals surface area contributed by atoms with Crippen molar-refractivity contribution in [1.82, 2.24) is 20.1 Å². The highest BCUT2D eigenvalue weighted by molar-refractivity contribution is 5.91. The van der Waals surface area contributed by atoms with Crippen LogP contribution in [0.1, 0.15) is 30.3 Å². The number of rotatable bonds is 8. The van der Waals surface area contributed by atoms with Crippen LogP contribution in [-0.2, 0) is 11.2 Å². The SMILES string of the molecule is COc1ccc(/C=C/C(=O)NCCc2nncn2C2CC2)cc1OC. The van der Waals surface area contributed by atoms with Gasteiger partial charge in [-0.3, -0.25) is 4.79 Å². The van der Waals surface area contributed by atoms with Gasteiger partial charge in [-0.2, -0.15) is 0 Å². The third-order valence-electron chi connectivity index (χ3n) is 4.07. The third kappa shape index (κ3) is 4.37. The van der Waals surface area contributed by atoms with Gasteiger partial charge in [-0.25, -0.2) is 0 Å². The van der Waals surface area contributed by atoms with E-state index in [4.69, 9.17) is 9.47 Å². The average molecular weight is 342 g/mol. The summed E-state index contributed by atoms with van der Waals surface area (Å²) in [6, 6.07) is 6.04. The Bertz CT molecular complexity index is 765. The van der Waals surface area contributed by atoms with Crippen LogP contribution in [-0.4, -0.2) is 41.4 Å². The largest absolute Gasteiger partial charge is 0.493 e. The number of carbonyl (C=O) groups excluding carboxylic acids is 1. The molecule has 0 aliphatic heterocycles. The minimum Gasteiger partial charge on any atom is -0.493 e. The van der Waals surface area contributed by atoms with Crippen LogP contribution in [0.4, 0.5) is 0 Å². The van der Waals surface area contributed by atoms with E-state index in [2.05, 4.69) is 20.1 Å². The van der Waals surface area contributed by atoms with Gasteiger partial charge in [0, 0.05) is 25.1 Å². The first-order valence-electron chi connectivity index (χ1n) is 8.27. The summed E-state index contributed by atoms with van der Waals surface area (Å²) in [4.78, 5) is 12.0. The standard InChI is InChI=1S/C18H22N4O3/c1-24-15-7-3-13(11-16(15)25-2)4-8-18(23)19-10-9-17-21-20-12-22(17)14-5-6-14/h3-4,7-8,11-12,14H,5-6,9-10H2,1-2H3,(H,19,23)/b8-4+. The lowest BCUT2D eigenvalue weighted by atomic mass is 10.2. The molecule has 0 bridgehead atoms. The first-order chi connectivity index (χ1) is 12.2. The lowest BCUT2D eigenvalue weighted by Gasteiger charge is -2.07. The van der Waals surface area contributed by atoms with Crippen LogP contribution >= 0.6 is 0 Å². The molecule has 1 aliphatic rings. The molecule has 0 radical (unpaired) electrons. The van der Waals surface area contributed by atoms with E-state index in [1.54, 1.807) is 32.7 Å². The van der Waals surface area contributed by atoms with Crippen LogP contribution in [0, 0.1) is 0 Å². The summed E-state index contributed by atoms with van der Waals surface area (Å²) in [6.45, 7) is 0.528. The maximum atomic E-state index is 12.0. The highest BCUT2D eigenvalue weighted by atomic mass is 16.5. The Hall–Kier alpha value is -2.83. The molecule has 0 saturated heterocycles. The fraction of sp³-hybridized carbons (Fsp3) is 0.389. The number of nitrogens with zero attached hydrogens (tertiary/aromatic N) is 3. The molecule has 0 spiro atoms. The van der Waals surface area contributed by atoms with Gasteiger partial charge < -0.3 is 19.4 Å². The fourth-order valence-corrected chi connectivity index (χ4v) is 2.59. The van der Waals surface area contributed by atoms with E-state index >= 15 is 0 Å². The molecule has 1 amide bonds. The molecule has 1 fully saturated rings. The number of methoxy groups -OCH3 is 2. The quantitative estimate of drug-likeness (QED) is 0.743. The Kier molecular flexibility index (Phi) is 5.33. The fourth-order valence-electron chi connectivity index (χ4n) is 2.59. The van der Waals surface area contributed by atoms with E-state index in [0.717, 1.165) is 11.4 Å². The Morgan fingerprint density at radius 2 is 2.12 bits per heavy atom. The zero-order valence-electron chi connectivity index (χ0n) is 14.4. The van der Waals surface area contributed by atoms with E-state index < -0.39 is 0 Å². The van der Waals surface area contributed by atoms with Crippen molar-refractivity contribution in [3.8, 4) is 11.5 Å². The van der Waals surface area contributed by atoms with Crippen molar-refractivity contribution in [1.29, 1.82) is 0 Å². The summed E-state index contributed by atoms with van der Waals surface area (Å²) < 4.78 is 12.5. The molecule has 1 N–H and O–H groups in total. The van der Waals surface area contributed by atoms with Crippen LogP contribution in [0.2, 0.25) is 0 Å². The van der Waals surface area contributed by atoms with Crippen molar-refractivity contribution < 1.29 is 14.3 Å². The van der Waals surface area contributed by atoms with Crippen LogP contribution in [0.15, 0.2) is 30.6 Å². The van der Waals surface area contributed by atoms with E-state index in [-0.39, 0.29) is 5.91 Å². The van der Waals surface area contributed by atoms with E-state index in [1.165, 1.54) is 18.9 Å². The van der Waals surface area contributed by atoms with Gasteiger partial charge in [-0.05, 0) is 36.6 Å². The van der Waals surface area contributed by atoms with Crippen molar-refractivity contribution in [3.63, 3.8) is 0 Å². The lowest BCUT2D eigenvalue weighted by Crippen LogP contribution is -2.24. The maximum absolute atomic E-state index is 12.0. The molecule has 2 aromatic rings. The van der Waals surface area contributed by atoms with Crippen molar-refractivity contribution in [2.45, 2.75) is 25.3 Å². The first-order valence-corrected chi connectivity index (χ1v) is 8.27. The second-order valence-corrected chi connectivity index (χ2v) is 5.87. The lowest BCUT2D eigenvalue weighted by molar-refractivity contribution is -0.116. The summed E-state index contributed by atoms with van der Waals surface area (Å²) in [5, 5.41) is 10.9. The minimum atomic E-state index is -0.146. The Morgan fingerprint density at radius 1 is 1.32 bits per heavy atom. The highest BCUT2D eigenvalue weighted by Gasteiger charge is 2.25. The van der Waals surface area contributed by atoms with Crippen LogP contribution < -0.4 is 14.8 Å². The topological polar surface area (TPSA) is 78.3 Å². The van der Waals surface area contributed by atoms with Gasteiger partial charge in [0.25, 0.3) is 0 Å². The number of hydrogen-bond donors (Lipinski definition) is 1. The summed E-state index contributed by atoms with van der Waals surface area (Å²) in [6.07, 6.45) is 8.06. The smallest absolute Gasteiger partial charge is 0.244 e. The van der Waals surface area contributed by atoms with Crippen molar-refractivity contribution >= 4 is 12.0 Å². The molecule has 1 aliphatic carbocycles. The molecule has 7 heteroatoms. The second kappa shape index (κ2) is 7.83. The van der Waals surface area contributed by atoms with Crippen molar-refractivity contribution in [2.75, 3.05) is 20.8 Å². The zero-order chi connectivity index (χ0) is 17.6. The van der Waals surface area contributed by atoms with Gasteiger partial charge in [0.15, 0.2) is 11.5 Å². The zero-order valence-corrected chi connectivity index (χ0v) is 14.4. The van der Waals surface area contributed by atoms with E-state index in [9.17, 15) is 4.79 Å². The summed E-state index contributed by atoms with van der Waals surface area (Å²) in [5.41, 5.74) is 0.862. The molecule has 1 heterocycles. The Balaban J connectivity index is 1.50. The molecule has 3 rings (SSSR count). The van der Waals surface area contributed by atoms with Gasteiger partial charge >= 0.3 is 0 Å². The summed E-state index contributed by atoms with van der Waals surface area (Å²) in [7, 11) is 3.17. The predicted octanol–water partition coefficient (Wildman–Crippen LogP) is 2.00. The van der Waals surface area contributed by atoms with Crippen LogP contribution in [0.3, 0.4) is 0 Å². The van der Waals surface area contributed by atoms with E-state index in [1.807, 2.05) is 12.1 Å². The molecule has 1 saturated carbocycles. The van der Waals surface area contributed by atoms with Crippen molar-refractivity contribution in [3.05, 3.63) is 42.0 Å². The number of benzene rings is 1. The van der Waals surface area contributed by atoms with Gasteiger partial charge in [0.2, 0.25) is 5.91 Å². The Labute approximate surface area is 146 Å². The summed E-state index contributed by atoms with van der Waals surface area (Å²) >= 11 is 0. The van der Waals surface area contributed by atoms with Gasteiger partial charge in [-0.1, -0.05) is 6.07 Å². The molecular formula is C18H22N4O3. The molecule has 0 unspecified atom stereocenters. The van der Waals surface area contributed by atoms with Gasteiger partial charge in [-0.15, -0.1) is 10.2 Å². The highest BCUT2D eigenvalue weighted by Crippen LogP contribution is 2.35. The van der Waals surface area contributed by atoms with Crippen molar-refractivity contribution in [2.24, 2.45) is 0 Å². The molecule has 1 aromatic carbocycles. The molecule has 132 valence electrons. The molecule has 7 nitrogen and oxygen atoms in total. The number of nitrogens with one attached hydrogen (secondary N) is 1. The predicted molar refractivity (Wildman–Crippen MR) is 93.6 cm³/mol. The monoisotopic (exact) mass is 342 g/mol.